The molecule has 0 bridgehead atoms. The molecule has 1 heterocycles. The normalized spacial score (nSPS) is 17.3. The van der Waals surface area contributed by atoms with Crippen molar-refractivity contribution in [1.29, 1.82) is 0 Å². The molecule has 0 saturated carbocycles. The molecule has 1 aliphatic heterocycles. The van der Waals surface area contributed by atoms with Gasteiger partial charge in [-0.2, -0.15) is 0 Å². The lowest BCUT2D eigenvalue weighted by Crippen LogP contribution is -2.30. The number of allylic oxidation sites excluding steroid dienone is 3. The Hall–Kier alpha value is -4.36. The first-order valence-electron chi connectivity index (χ1n) is 12.7. The van der Waals surface area contributed by atoms with Gasteiger partial charge in [0, 0.05) is 17.9 Å². The fraction of sp³-hybridized carbons (Fsp3) is 0.0857. The van der Waals surface area contributed by atoms with Crippen molar-refractivity contribution >= 4 is 22.1 Å². The summed E-state index contributed by atoms with van der Waals surface area (Å²) in [7, 11) is 0. The minimum Gasteiger partial charge on any atom is -0.337 e. The summed E-state index contributed by atoms with van der Waals surface area (Å²) in [5.74, 6) is 0. The molecule has 1 aliphatic carbocycles. The van der Waals surface area contributed by atoms with Crippen LogP contribution in [0, 0.1) is 0 Å². The number of anilines is 2. The Labute approximate surface area is 212 Å². The van der Waals surface area contributed by atoms with Crippen LogP contribution in [0.2, 0.25) is 0 Å². The van der Waals surface area contributed by atoms with Crippen LogP contribution in [0.25, 0.3) is 21.9 Å². The second-order valence-corrected chi connectivity index (χ2v) is 9.72. The molecule has 2 aliphatic rings. The van der Waals surface area contributed by atoms with E-state index in [4.69, 9.17) is 0 Å². The average Bonchev–Trinajstić information content (AvgIpc) is 3.23. The lowest BCUT2D eigenvalue weighted by atomic mass is 9.69. The van der Waals surface area contributed by atoms with Crippen LogP contribution in [-0.4, -0.2) is 6.54 Å². The van der Waals surface area contributed by atoms with Crippen molar-refractivity contribution in [3.63, 3.8) is 0 Å². The van der Waals surface area contributed by atoms with Gasteiger partial charge in [0.2, 0.25) is 0 Å². The van der Waals surface area contributed by atoms with E-state index in [1.165, 1.54) is 50.0 Å². The highest BCUT2D eigenvalue weighted by Crippen LogP contribution is 2.56. The summed E-state index contributed by atoms with van der Waals surface area (Å²) < 4.78 is 0. The Kier molecular flexibility index (Phi) is 4.89. The van der Waals surface area contributed by atoms with Crippen LogP contribution in [-0.2, 0) is 5.41 Å². The van der Waals surface area contributed by atoms with Crippen molar-refractivity contribution in [2.24, 2.45) is 0 Å². The molecular weight excluding hydrogens is 434 g/mol. The van der Waals surface area contributed by atoms with Crippen LogP contribution >= 0.6 is 0 Å². The van der Waals surface area contributed by atoms with E-state index in [1.807, 2.05) is 0 Å². The SMILES string of the molecule is C1=C\CN(c2ccc3ccccc3c2)c2ccccc2C2(C\C=C/1)c1ccccc1-c1ccccc12. The van der Waals surface area contributed by atoms with Gasteiger partial charge in [0.25, 0.3) is 0 Å². The smallest absolute Gasteiger partial charge is 0.0518 e. The molecule has 172 valence electrons. The molecule has 0 atom stereocenters. The summed E-state index contributed by atoms with van der Waals surface area (Å²) in [4.78, 5) is 2.47. The number of hydrogen-bond donors (Lipinski definition) is 0. The topological polar surface area (TPSA) is 3.24 Å². The van der Waals surface area contributed by atoms with E-state index in [2.05, 4.69) is 144 Å². The van der Waals surface area contributed by atoms with Gasteiger partial charge in [-0.1, -0.05) is 121 Å². The monoisotopic (exact) mass is 461 g/mol. The van der Waals surface area contributed by atoms with E-state index in [0.29, 0.717) is 0 Å². The molecule has 5 aromatic carbocycles. The number of hydrogen-bond acceptors (Lipinski definition) is 1. The highest BCUT2D eigenvalue weighted by Gasteiger charge is 2.45. The van der Waals surface area contributed by atoms with Gasteiger partial charge >= 0.3 is 0 Å². The Morgan fingerprint density at radius 1 is 0.528 bits per heavy atom. The quantitative estimate of drug-likeness (QED) is 0.241. The predicted octanol–water partition coefficient (Wildman–Crippen LogP) is 8.81. The third kappa shape index (κ3) is 3.09. The minimum absolute atomic E-state index is 0.249. The Morgan fingerprint density at radius 2 is 1.14 bits per heavy atom. The van der Waals surface area contributed by atoms with Gasteiger partial charge in [-0.05, 0) is 63.2 Å². The summed E-state index contributed by atoms with van der Waals surface area (Å²) in [5, 5.41) is 2.53. The van der Waals surface area contributed by atoms with Gasteiger partial charge in [-0.15, -0.1) is 0 Å². The lowest BCUT2D eigenvalue weighted by molar-refractivity contribution is 0.644. The molecule has 0 fully saturated rings. The van der Waals surface area contributed by atoms with Gasteiger partial charge in [0.05, 0.1) is 5.41 Å². The maximum atomic E-state index is 2.47. The Morgan fingerprint density at radius 3 is 1.92 bits per heavy atom. The van der Waals surface area contributed by atoms with Crippen molar-refractivity contribution in [2.75, 3.05) is 11.4 Å². The number of rotatable bonds is 1. The van der Waals surface area contributed by atoms with Crippen molar-refractivity contribution in [3.05, 3.63) is 156 Å². The first-order chi connectivity index (χ1) is 17.9. The summed E-state index contributed by atoms with van der Waals surface area (Å²) in [6.07, 6.45) is 9.93. The molecule has 1 heteroatoms. The zero-order valence-corrected chi connectivity index (χ0v) is 20.1. The molecule has 7 rings (SSSR count). The first kappa shape index (κ1) is 21.0. The molecule has 36 heavy (non-hydrogen) atoms. The highest BCUT2D eigenvalue weighted by molar-refractivity contribution is 5.89. The van der Waals surface area contributed by atoms with Gasteiger partial charge < -0.3 is 4.90 Å². The molecule has 1 nitrogen and oxygen atoms in total. The van der Waals surface area contributed by atoms with Gasteiger partial charge in [0.15, 0.2) is 0 Å². The van der Waals surface area contributed by atoms with E-state index >= 15 is 0 Å². The largest absolute Gasteiger partial charge is 0.337 e. The average molecular weight is 462 g/mol. The van der Waals surface area contributed by atoms with E-state index in [-0.39, 0.29) is 5.41 Å². The van der Waals surface area contributed by atoms with Crippen molar-refractivity contribution in [3.8, 4) is 11.1 Å². The summed E-state index contributed by atoms with van der Waals surface area (Å²) in [6, 6.07) is 42.4. The molecule has 5 aromatic rings. The summed E-state index contributed by atoms with van der Waals surface area (Å²) in [5.41, 5.74) is 9.07. The minimum atomic E-state index is -0.249. The van der Waals surface area contributed by atoms with Gasteiger partial charge in [-0.25, -0.2) is 0 Å². The fourth-order valence-corrected chi connectivity index (χ4v) is 6.27. The van der Waals surface area contributed by atoms with Crippen LogP contribution in [0.15, 0.2) is 140 Å². The number of benzene rings is 5. The predicted molar refractivity (Wildman–Crippen MR) is 152 cm³/mol. The third-order valence-corrected chi connectivity index (χ3v) is 7.86. The second-order valence-electron chi connectivity index (χ2n) is 9.72. The molecule has 0 unspecified atom stereocenters. The van der Waals surface area contributed by atoms with Crippen LogP contribution in [0.4, 0.5) is 11.4 Å². The Bertz CT molecular complexity index is 1610. The van der Waals surface area contributed by atoms with Crippen LogP contribution < -0.4 is 4.90 Å². The van der Waals surface area contributed by atoms with Crippen molar-refractivity contribution in [2.45, 2.75) is 11.8 Å². The molecule has 0 radical (unpaired) electrons. The molecule has 1 spiro atoms. The lowest BCUT2D eigenvalue weighted by Gasteiger charge is -2.37. The van der Waals surface area contributed by atoms with Crippen molar-refractivity contribution in [1.82, 2.24) is 0 Å². The molecule has 0 amide bonds. The zero-order valence-electron chi connectivity index (χ0n) is 20.1. The highest BCUT2D eigenvalue weighted by atomic mass is 15.1. The maximum absolute atomic E-state index is 2.47. The standard InChI is InChI=1S/C35H27N/c1-2-12-24-36(28-22-21-26-13-3-4-14-27(26)25-28)34-20-10-9-19-33(34)35(23-11-1)31-17-7-5-15-29(31)30-16-6-8-18-32(30)35/h1-22,25H,23-24H2/b11-1-,12-2-. The van der Waals surface area contributed by atoms with Gasteiger partial charge in [-0.3, -0.25) is 0 Å². The van der Waals surface area contributed by atoms with Crippen LogP contribution in [0.3, 0.4) is 0 Å². The molecular formula is C35H27N. The first-order valence-corrected chi connectivity index (χ1v) is 12.7. The second kappa shape index (κ2) is 8.39. The molecule has 0 aromatic heterocycles. The van der Waals surface area contributed by atoms with Crippen molar-refractivity contribution < 1.29 is 0 Å². The van der Waals surface area contributed by atoms with E-state index in [1.54, 1.807) is 0 Å². The maximum Gasteiger partial charge on any atom is 0.0518 e. The molecule has 0 saturated heterocycles. The van der Waals surface area contributed by atoms with Crippen LogP contribution in [0.1, 0.15) is 23.1 Å². The summed E-state index contributed by atoms with van der Waals surface area (Å²) in [6.45, 7) is 0.805. The van der Waals surface area contributed by atoms with E-state index < -0.39 is 0 Å². The van der Waals surface area contributed by atoms with Crippen LogP contribution in [0.5, 0.6) is 0 Å². The zero-order chi connectivity index (χ0) is 24.0. The summed E-state index contributed by atoms with van der Waals surface area (Å²) >= 11 is 0. The van der Waals surface area contributed by atoms with E-state index in [9.17, 15) is 0 Å². The number of nitrogens with zero attached hydrogens (tertiary/aromatic N) is 1. The molecule has 0 N–H and O–H groups in total. The van der Waals surface area contributed by atoms with E-state index in [0.717, 1.165) is 13.0 Å². The number of para-hydroxylation sites is 1. The number of fused-ring (bicyclic) bond motifs is 8. The Balaban J connectivity index is 1.53. The third-order valence-electron chi connectivity index (χ3n) is 7.86. The van der Waals surface area contributed by atoms with Gasteiger partial charge in [0.1, 0.15) is 0 Å². The fourth-order valence-electron chi connectivity index (χ4n) is 6.27.